The summed E-state index contributed by atoms with van der Waals surface area (Å²) >= 11 is 1.31. The maximum Gasteiger partial charge on any atom is 0.351 e. The molecule has 0 spiro atoms. The second kappa shape index (κ2) is 10.7. The largest absolute Gasteiger partial charge is 0.459 e. The second-order valence-corrected chi connectivity index (χ2v) is 5.45. The summed E-state index contributed by atoms with van der Waals surface area (Å²) in [6.07, 6.45) is 1.81. The Morgan fingerprint density at radius 2 is 2.04 bits per heavy atom. The van der Waals surface area contributed by atoms with E-state index in [0.717, 1.165) is 5.56 Å². The average molecular weight is 334 g/mol. The van der Waals surface area contributed by atoms with E-state index < -0.39 is 5.97 Å². The van der Waals surface area contributed by atoms with Crippen LogP contribution in [0.15, 0.2) is 40.9 Å². The van der Waals surface area contributed by atoms with Crippen LogP contribution in [-0.4, -0.2) is 32.0 Å². The minimum Gasteiger partial charge on any atom is -0.459 e. The number of benzene rings is 1. The third-order valence-electron chi connectivity index (χ3n) is 3.06. The van der Waals surface area contributed by atoms with Gasteiger partial charge in [-0.05, 0) is 25.7 Å². The molecular weight excluding hydrogens is 312 g/mol. The summed E-state index contributed by atoms with van der Waals surface area (Å²) in [5, 5.41) is 13.0. The third-order valence-corrected chi connectivity index (χ3v) is 3.79. The van der Waals surface area contributed by atoms with E-state index in [1.54, 1.807) is 0 Å². The highest BCUT2D eigenvalue weighted by molar-refractivity contribution is 8.02. The molecule has 0 fully saturated rings. The van der Waals surface area contributed by atoms with E-state index in [9.17, 15) is 10.1 Å². The normalized spacial score (nSPS) is 12.8. The van der Waals surface area contributed by atoms with Crippen molar-refractivity contribution in [2.45, 2.75) is 19.9 Å². The van der Waals surface area contributed by atoms with Crippen molar-refractivity contribution in [2.75, 3.05) is 26.1 Å². The maximum absolute atomic E-state index is 12.0. The molecule has 0 heterocycles. The van der Waals surface area contributed by atoms with Crippen molar-refractivity contribution in [1.82, 2.24) is 5.32 Å². The first-order valence-electron chi connectivity index (χ1n) is 7.38. The number of hydrogen-bond acceptors (Lipinski definition) is 6. The van der Waals surface area contributed by atoms with Gasteiger partial charge in [0.25, 0.3) is 0 Å². The number of carbonyl (C=O) groups excluding carboxylic acids is 1. The molecule has 0 aliphatic rings. The molecule has 0 radical (unpaired) electrons. The molecule has 0 unspecified atom stereocenters. The zero-order chi connectivity index (χ0) is 17.1. The molecule has 1 N–H and O–H groups in total. The van der Waals surface area contributed by atoms with Crippen LogP contribution in [0.4, 0.5) is 0 Å². The highest BCUT2D eigenvalue weighted by atomic mass is 32.2. The molecule has 23 heavy (non-hydrogen) atoms. The van der Waals surface area contributed by atoms with E-state index in [1.165, 1.54) is 11.8 Å². The van der Waals surface area contributed by atoms with E-state index >= 15 is 0 Å². The van der Waals surface area contributed by atoms with Gasteiger partial charge in [0.15, 0.2) is 5.57 Å². The summed E-state index contributed by atoms with van der Waals surface area (Å²) in [6, 6.07) is 11.7. The molecule has 0 saturated heterocycles. The third kappa shape index (κ3) is 6.35. The fourth-order valence-corrected chi connectivity index (χ4v) is 2.48. The van der Waals surface area contributed by atoms with Gasteiger partial charge in [0.2, 0.25) is 0 Å². The molecule has 5 nitrogen and oxygen atoms in total. The van der Waals surface area contributed by atoms with Crippen molar-refractivity contribution in [3.8, 4) is 6.07 Å². The topological polar surface area (TPSA) is 71.3 Å². The van der Waals surface area contributed by atoms with E-state index in [0.29, 0.717) is 18.2 Å². The Morgan fingerprint density at radius 1 is 1.35 bits per heavy atom. The lowest BCUT2D eigenvalue weighted by Crippen LogP contribution is -2.21. The van der Waals surface area contributed by atoms with E-state index in [1.807, 2.05) is 56.5 Å². The van der Waals surface area contributed by atoms with Crippen molar-refractivity contribution >= 4 is 17.7 Å². The predicted molar refractivity (Wildman–Crippen MR) is 91.6 cm³/mol. The average Bonchev–Trinajstić information content (AvgIpc) is 2.59. The van der Waals surface area contributed by atoms with Crippen LogP contribution < -0.4 is 5.32 Å². The highest BCUT2D eigenvalue weighted by Gasteiger charge is 2.18. The summed E-state index contributed by atoms with van der Waals surface area (Å²) in [4.78, 5) is 12.0. The molecule has 0 bridgehead atoms. The van der Waals surface area contributed by atoms with Gasteiger partial charge >= 0.3 is 5.97 Å². The number of nitrogens with zero attached hydrogens (tertiary/aromatic N) is 1. The minimum absolute atomic E-state index is 0.0169. The van der Waals surface area contributed by atoms with Crippen LogP contribution in [0.1, 0.15) is 25.5 Å². The van der Waals surface area contributed by atoms with Crippen LogP contribution in [0, 0.1) is 11.3 Å². The Hall–Kier alpha value is -1.97. The van der Waals surface area contributed by atoms with Crippen molar-refractivity contribution in [3.05, 3.63) is 46.5 Å². The molecule has 1 atom stereocenters. The lowest BCUT2D eigenvalue weighted by atomic mass is 10.1. The van der Waals surface area contributed by atoms with E-state index in [2.05, 4.69) is 5.32 Å². The summed E-state index contributed by atoms with van der Waals surface area (Å²) in [7, 11) is 0. The molecule has 0 saturated carbocycles. The van der Waals surface area contributed by atoms with E-state index in [-0.39, 0.29) is 18.2 Å². The number of nitrogens with one attached hydrogen (secondary N) is 1. The van der Waals surface area contributed by atoms with Crippen LogP contribution in [-0.2, 0) is 14.3 Å². The van der Waals surface area contributed by atoms with Crippen molar-refractivity contribution in [3.63, 3.8) is 0 Å². The predicted octanol–water partition coefficient (Wildman–Crippen LogP) is 3.02. The van der Waals surface area contributed by atoms with Crippen LogP contribution >= 0.6 is 11.8 Å². The van der Waals surface area contributed by atoms with Crippen molar-refractivity contribution in [2.24, 2.45) is 0 Å². The minimum atomic E-state index is -0.635. The summed E-state index contributed by atoms with van der Waals surface area (Å²) in [5.41, 5.74) is 1.05. The number of carbonyl (C=O) groups is 1. The molecule has 1 aromatic carbocycles. The molecule has 0 aromatic heterocycles. The number of thioether (sulfide) groups is 1. The Bertz CT molecular complexity index is 567. The van der Waals surface area contributed by atoms with Crippen LogP contribution in [0.25, 0.3) is 0 Å². The van der Waals surface area contributed by atoms with E-state index in [4.69, 9.17) is 9.47 Å². The fraction of sp³-hybridized carbons (Fsp3) is 0.412. The van der Waals surface area contributed by atoms with Gasteiger partial charge in [-0.2, -0.15) is 5.26 Å². The van der Waals surface area contributed by atoms with Gasteiger partial charge in [0, 0.05) is 12.6 Å². The lowest BCUT2D eigenvalue weighted by Gasteiger charge is -2.18. The highest BCUT2D eigenvalue weighted by Crippen LogP contribution is 2.21. The Labute approximate surface area is 141 Å². The summed E-state index contributed by atoms with van der Waals surface area (Å²) in [5.74, 6) is -0.635. The molecule has 1 aromatic rings. The Kier molecular flexibility index (Phi) is 8.88. The quantitative estimate of drug-likeness (QED) is 0.324. The Morgan fingerprint density at radius 3 is 2.61 bits per heavy atom. The van der Waals surface area contributed by atoms with Crippen LogP contribution in [0.5, 0.6) is 0 Å². The van der Waals surface area contributed by atoms with Crippen molar-refractivity contribution in [1.29, 1.82) is 5.26 Å². The standard InChI is InChI=1S/C17H22N2O3S/c1-4-21-10-11-22-17(20)15(12-18)16(23-3)19-13(2)14-8-6-5-7-9-14/h5-9,13,19H,4,10-11H2,1-3H3/b16-15+/t13-/m1/s1. The fourth-order valence-electron chi connectivity index (χ4n) is 1.85. The summed E-state index contributed by atoms with van der Waals surface area (Å²) in [6.45, 7) is 4.85. The molecular formula is C17H22N2O3S. The number of nitriles is 1. The molecule has 6 heteroatoms. The van der Waals surface area contributed by atoms with Gasteiger partial charge in [-0.15, -0.1) is 11.8 Å². The van der Waals surface area contributed by atoms with Gasteiger partial charge in [0.05, 0.1) is 11.6 Å². The lowest BCUT2D eigenvalue weighted by molar-refractivity contribution is -0.140. The van der Waals surface area contributed by atoms with Gasteiger partial charge in [0.1, 0.15) is 12.7 Å². The number of hydrogen-bond donors (Lipinski definition) is 1. The van der Waals surface area contributed by atoms with Crippen LogP contribution in [0.3, 0.4) is 0 Å². The summed E-state index contributed by atoms with van der Waals surface area (Å²) < 4.78 is 10.2. The SMILES string of the molecule is CCOCCOC(=O)/C(C#N)=C(\N[C@H](C)c1ccccc1)SC. The first-order valence-corrected chi connectivity index (χ1v) is 8.61. The van der Waals surface area contributed by atoms with Gasteiger partial charge in [-0.25, -0.2) is 4.79 Å². The first-order chi connectivity index (χ1) is 11.1. The monoisotopic (exact) mass is 334 g/mol. The molecule has 0 aliphatic heterocycles. The molecule has 1 rings (SSSR count). The maximum atomic E-state index is 12.0. The number of ether oxygens (including phenoxy) is 2. The van der Waals surface area contributed by atoms with Crippen LogP contribution in [0.2, 0.25) is 0 Å². The van der Waals surface area contributed by atoms with Gasteiger partial charge in [-0.3, -0.25) is 0 Å². The Balaban J connectivity index is 2.78. The van der Waals surface area contributed by atoms with Gasteiger partial charge < -0.3 is 14.8 Å². The smallest absolute Gasteiger partial charge is 0.351 e. The molecule has 124 valence electrons. The zero-order valence-electron chi connectivity index (χ0n) is 13.7. The number of esters is 1. The molecule has 0 aliphatic carbocycles. The number of rotatable bonds is 9. The van der Waals surface area contributed by atoms with Gasteiger partial charge in [-0.1, -0.05) is 30.3 Å². The molecule has 0 amide bonds. The zero-order valence-corrected chi connectivity index (χ0v) is 14.5. The first kappa shape index (κ1) is 19.1. The second-order valence-electron chi connectivity index (χ2n) is 4.63. The van der Waals surface area contributed by atoms with Crippen molar-refractivity contribution < 1.29 is 14.3 Å².